The van der Waals surface area contributed by atoms with E-state index in [1.165, 1.54) is 18.4 Å². The van der Waals surface area contributed by atoms with Gasteiger partial charge in [0.1, 0.15) is 15.7 Å². The monoisotopic (exact) mass is 287 g/mol. The average molecular weight is 287 g/mol. The van der Waals surface area contributed by atoms with Gasteiger partial charge in [0.2, 0.25) is 0 Å². The molecule has 0 heterocycles. The Labute approximate surface area is 115 Å². The van der Waals surface area contributed by atoms with Crippen molar-refractivity contribution in [1.29, 1.82) is 0 Å². The summed E-state index contributed by atoms with van der Waals surface area (Å²) in [6.45, 7) is 5.95. The molecule has 0 aliphatic carbocycles. The van der Waals surface area contributed by atoms with Crippen molar-refractivity contribution in [3.63, 3.8) is 0 Å². The zero-order chi connectivity index (χ0) is 14.6. The molecule has 1 N–H and O–H groups in total. The molecule has 108 valence electrons. The Morgan fingerprint density at radius 1 is 1.16 bits per heavy atom. The number of rotatable bonds is 6. The van der Waals surface area contributed by atoms with Crippen molar-refractivity contribution in [3.05, 3.63) is 35.6 Å². The van der Waals surface area contributed by atoms with Gasteiger partial charge in [0.15, 0.2) is 0 Å². The summed E-state index contributed by atoms with van der Waals surface area (Å²) in [7, 11) is -3.01. The third kappa shape index (κ3) is 5.70. The van der Waals surface area contributed by atoms with E-state index in [2.05, 4.69) is 5.32 Å². The fourth-order valence-electron chi connectivity index (χ4n) is 2.15. The average Bonchev–Trinajstić information content (AvgIpc) is 2.24. The fourth-order valence-corrected chi connectivity index (χ4v) is 3.16. The van der Waals surface area contributed by atoms with E-state index in [1.807, 2.05) is 20.8 Å². The van der Waals surface area contributed by atoms with Gasteiger partial charge in [-0.1, -0.05) is 26.0 Å². The maximum atomic E-state index is 12.9. The van der Waals surface area contributed by atoms with Crippen LogP contribution in [0.15, 0.2) is 24.3 Å². The van der Waals surface area contributed by atoms with Crippen molar-refractivity contribution in [2.75, 3.05) is 12.0 Å². The first kappa shape index (κ1) is 16.1. The highest BCUT2D eigenvalue weighted by Crippen LogP contribution is 2.22. The first-order valence-electron chi connectivity index (χ1n) is 6.38. The maximum absolute atomic E-state index is 12.9. The molecule has 5 heteroatoms. The summed E-state index contributed by atoms with van der Waals surface area (Å²) in [6.07, 6.45) is 1.23. The van der Waals surface area contributed by atoms with Crippen LogP contribution < -0.4 is 5.32 Å². The Morgan fingerprint density at radius 2 is 1.68 bits per heavy atom. The Morgan fingerprint density at radius 3 is 2.11 bits per heavy atom. The summed E-state index contributed by atoms with van der Waals surface area (Å²) >= 11 is 0. The van der Waals surface area contributed by atoms with Crippen molar-refractivity contribution < 1.29 is 12.8 Å². The molecule has 0 fully saturated rings. The van der Waals surface area contributed by atoms with E-state index in [-0.39, 0.29) is 29.6 Å². The van der Waals surface area contributed by atoms with Gasteiger partial charge in [0.25, 0.3) is 0 Å². The molecular formula is C14H22FNO2S. The van der Waals surface area contributed by atoms with Crippen LogP contribution in [0.25, 0.3) is 0 Å². The molecule has 1 aromatic rings. The second-order valence-electron chi connectivity index (χ2n) is 5.43. The fraction of sp³-hybridized carbons (Fsp3) is 0.571. The number of halogens is 1. The van der Waals surface area contributed by atoms with Crippen LogP contribution in [-0.2, 0) is 9.84 Å². The smallest absolute Gasteiger partial charge is 0.148 e. The maximum Gasteiger partial charge on any atom is 0.148 e. The largest absolute Gasteiger partial charge is 0.306 e. The Bertz CT molecular complexity index is 497. The lowest BCUT2D eigenvalue weighted by atomic mass is 9.95. The molecular weight excluding hydrogens is 265 g/mol. The van der Waals surface area contributed by atoms with E-state index < -0.39 is 9.84 Å². The predicted molar refractivity (Wildman–Crippen MR) is 76.3 cm³/mol. The highest BCUT2D eigenvalue weighted by Gasteiger charge is 2.20. The number of benzene rings is 1. The normalized spacial score (nSPS) is 15.5. The summed E-state index contributed by atoms with van der Waals surface area (Å²) in [5.41, 5.74) is 0.969. The predicted octanol–water partition coefficient (Wildman–Crippen LogP) is 2.55. The number of hydrogen-bond acceptors (Lipinski definition) is 3. The van der Waals surface area contributed by atoms with E-state index >= 15 is 0 Å². The first-order chi connectivity index (χ1) is 8.69. The highest BCUT2D eigenvalue weighted by atomic mass is 32.2. The SMILES string of the molecule is CC(CS(C)(=O)=O)NC(c1ccc(F)cc1)C(C)C. The summed E-state index contributed by atoms with van der Waals surface area (Å²) in [5.74, 6) is 0.111. The molecule has 1 rings (SSSR count). The van der Waals surface area contributed by atoms with Gasteiger partial charge in [-0.05, 0) is 30.5 Å². The third-order valence-electron chi connectivity index (χ3n) is 2.91. The standard InChI is InChI=1S/C14H22FNO2S/c1-10(2)14(12-5-7-13(15)8-6-12)16-11(3)9-19(4,17)18/h5-8,10-11,14,16H,9H2,1-4H3. The molecule has 0 saturated carbocycles. The van der Waals surface area contributed by atoms with Gasteiger partial charge >= 0.3 is 0 Å². The van der Waals surface area contributed by atoms with Gasteiger partial charge in [-0.3, -0.25) is 0 Å². The molecule has 2 unspecified atom stereocenters. The summed E-state index contributed by atoms with van der Waals surface area (Å²) in [5, 5.41) is 3.31. The minimum Gasteiger partial charge on any atom is -0.306 e. The molecule has 0 radical (unpaired) electrons. The van der Waals surface area contributed by atoms with Gasteiger partial charge < -0.3 is 5.32 Å². The first-order valence-corrected chi connectivity index (χ1v) is 8.44. The molecule has 0 bridgehead atoms. The van der Waals surface area contributed by atoms with Crippen LogP contribution in [0.2, 0.25) is 0 Å². The molecule has 0 aliphatic heterocycles. The lowest BCUT2D eigenvalue weighted by Gasteiger charge is -2.26. The highest BCUT2D eigenvalue weighted by molar-refractivity contribution is 7.90. The van der Waals surface area contributed by atoms with E-state index in [0.29, 0.717) is 0 Å². The van der Waals surface area contributed by atoms with Crippen LogP contribution in [0, 0.1) is 11.7 Å². The quantitative estimate of drug-likeness (QED) is 0.874. The minimum atomic E-state index is -3.01. The van der Waals surface area contributed by atoms with Gasteiger partial charge in [-0.25, -0.2) is 12.8 Å². The second kappa shape index (κ2) is 6.48. The van der Waals surface area contributed by atoms with Crippen LogP contribution >= 0.6 is 0 Å². The van der Waals surface area contributed by atoms with Crippen LogP contribution in [0.4, 0.5) is 4.39 Å². The summed E-state index contributed by atoms with van der Waals surface area (Å²) in [6, 6.07) is 6.19. The lowest BCUT2D eigenvalue weighted by Crippen LogP contribution is -2.37. The number of nitrogens with one attached hydrogen (secondary N) is 1. The van der Waals surface area contributed by atoms with Crippen LogP contribution in [0.5, 0.6) is 0 Å². The van der Waals surface area contributed by atoms with E-state index in [1.54, 1.807) is 12.1 Å². The van der Waals surface area contributed by atoms with Crippen molar-refractivity contribution in [3.8, 4) is 0 Å². The lowest BCUT2D eigenvalue weighted by molar-refractivity contribution is 0.381. The van der Waals surface area contributed by atoms with Crippen molar-refractivity contribution in [2.24, 2.45) is 5.92 Å². The molecule has 0 aliphatic rings. The van der Waals surface area contributed by atoms with Gasteiger partial charge in [0.05, 0.1) is 5.75 Å². The number of hydrogen-bond donors (Lipinski definition) is 1. The van der Waals surface area contributed by atoms with Crippen molar-refractivity contribution in [1.82, 2.24) is 5.32 Å². The van der Waals surface area contributed by atoms with Crippen molar-refractivity contribution >= 4 is 9.84 Å². The molecule has 0 aromatic heterocycles. The zero-order valence-corrected chi connectivity index (χ0v) is 12.7. The van der Waals surface area contributed by atoms with E-state index in [0.717, 1.165) is 5.56 Å². The molecule has 1 aromatic carbocycles. The van der Waals surface area contributed by atoms with Gasteiger partial charge in [-0.15, -0.1) is 0 Å². The number of sulfone groups is 1. The Balaban J connectivity index is 2.81. The van der Waals surface area contributed by atoms with Crippen LogP contribution in [0.3, 0.4) is 0 Å². The molecule has 2 atom stereocenters. The molecule has 0 saturated heterocycles. The second-order valence-corrected chi connectivity index (χ2v) is 7.62. The Hall–Kier alpha value is -0.940. The molecule has 0 amide bonds. The van der Waals surface area contributed by atoms with Gasteiger partial charge in [0, 0.05) is 18.3 Å². The van der Waals surface area contributed by atoms with Crippen LogP contribution in [0.1, 0.15) is 32.4 Å². The van der Waals surface area contributed by atoms with E-state index in [4.69, 9.17) is 0 Å². The van der Waals surface area contributed by atoms with Gasteiger partial charge in [-0.2, -0.15) is 0 Å². The Kier molecular flexibility index (Phi) is 5.50. The van der Waals surface area contributed by atoms with E-state index in [9.17, 15) is 12.8 Å². The topological polar surface area (TPSA) is 46.2 Å². The summed E-state index contributed by atoms with van der Waals surface area (Å²) < 4.78 is 35.5. The minimum absolute atomic E-state index is 0.0114. The third-order valence-corrected chi connectivity index (χ3v) is 4.02. The summed E-state index contributed by atoms with van der Waals surface area (Å²) in [4.78, 5) is 0. The van der Waals surface area contributed by atoms with Crippen LogP contribution in [-0.4, -0.2) is 26.5 Å². The van der Waals surface area contributed by atoms with Crippen molar-refractivity contribution in [2.45, 2.75) is 32.9 Å². The zero-order valence-electron chi connectivity index (χ0n) is 11.9. The molecule has 0 spiro atoms. The molecule has 19 heavy (non-hydrogen) atoms. The molecule has 3 nitrogen and oxygen atoms in total.